The van der Waals surface area contributed by atoms with E-state index in [1.165, 1.54) is 12.3 Å². The zero-order valence-corrected chi connectivity index (χ0v) is 12.4. The smallest absolute Gasteiger partial charge is 0.141 e. The van der Waals surface area contributed by atoms with E-state index in [9.17, 15) is 4.39 Å². The van der Waals surface area contributed by atoms with Crippen molar-refractivity contribution in [3.05, 3.63) is 49.0 Å². The molecule has 1 rings (SSSR count). The van der Waals surface area contributed by atoms with Crippen molar-refractivity contribution in [1.29, 1.82) is 0 Å². The van der Waals surface area contributed by atoms with Crippen LogP contribution in [0, 0.1) is 11.7 Å². The molecule has 0 fully saturated rings. The summed E-state index contributed by atoms with van der Waals surface area (Å²) in [6, 6.07) is 1.54. The maximum absolute atomic E-state index is 13.4. The molecule has 110 valence electrons. The van der Waals surface area contributed by atoms with Gasteiger partial charge in [-0.25, -0.2) is 9.37 Å². The van der Waals surface area contributed by atoms with Crippen molar-refractivity contribution in [3.8, 4) is 0 Å². The van der Waals surface area contributed by atoms with Crippen LogP contribution in [0.4, 0.5) is 10.2 Å². The van der Waals surface area contributed by atoms with Gasteiger partial charge in [0.05, 0.1) is 6.20 Å². The van der Waals surface area contributed by atoms with Gasteiger partial charge in [-0.15, -0.1) is 13.2 Å². The largest absolute Gasteiger partial charge is 0.349 e. The van der Waals surface area contributed by atoms with Gasteiger partial charge in [0.25, 0.3) is 0 Å². The summed E-state index contributed by atoms with van der Waals surface area (Å²) in [7, 11) is 0. The fourth-order valence-corrected chi connectivity index (χ4v) is 1.94. The number of rotatable bonds is 9. The van der Waals surface area contributed by atoms with Crippen LogP contribution in [0.5, 0.6) is 0 Å². The van der Waals surface area contributed by atoms with Crippen LogP contribution in [0.25, 0.3) is 0 Å². The number of nitrogens with one attached hydrogen (secondary N) is 1. The van der Waals surface area contributed by atoms with Crippen molar-refractivity contribution in [1.82, 2.24) is 10.3 Å². The van der Waals surface area contributed by atoms with Gasteiger partial charge in [0, 0.05) is 25.2 Å². The SMILES string of the molecule is C=CCN(CC=C)c1ncc(F)cc1CNCC(C)C. The van der Waals surface area contributed by atoms with E-state index >= 15 is 0 Å². The first-order valence-electron chi connectivity index (χ1n) is 6.90. The van der Waals surface area contributed by atoms with Gasteiger partial charge in [0.1, 0.15) is 11.6 Å². The molecule has 1 aromatic heterocycles. The molecule has 4 heteroatoms. The molecule has 0 amide bonds. The molecule has 0 spiro atoms. The van der Waals surface area contributed by atoms with Crippen LogP contribution in [0.15, 0.2) is 37.6 Å². The molecule has 0 bridgehead atoms. The summed E-state index contributed by atoms with van der Waals surface area (Å²) >= 11 is 0. The summed E-state index contributed by atoms with van der Waals surface area (Å²) in [5.41, 5.74) is 0.856. The standard InChI is InChI=1S/C16H24FN3/c1-5-7-20(8-6-2)16-14(9-15(17)12-19-16)11-18-10-13(3)4/h5-6,9,12-13,18H,1-2,7-8,10-11H2,3-4H3. The van der Waals surface area contributed by atoms with Crippen molar-refractivity contribution in [3.63, 3.8) is 0 Å². The third-order valence-corrected chi connectivity index (χ3v) is 2.78. The Morgan fingerprint density at radius 3 is 2.55 bits per heavy atom. The summed E-state index contributed by atoms with van der Waals surface area (Å²) in [6.45, 7) is 14.6. The lowest BCUT2D eigenvalue weighted by Crippen LogP contribution is -2.27. The molecule has 3 nitrogen and oxygen atoms in total. The van der Waals surface area contributed by atoms with Gasteiger partial charge in [0.15, 0.2) is 0 Å². The molecule has 0 radical (unpaired) electrons. The number of hydrogen-bond donors (Lipinski definition) is 1. The molecule has 0 aliphatic heterocycles. The summed E-state index contributed by atoms with van der Waals surface area (Å²) in [4.78, 5) is 6.25. The third kappa shape index (κ3) is 5.13. The first-order valence-corrected chi connectivity index (χ1v) is 6.90. The molecule has 0 saturated carbocycles. The molecule has 1 heterocycles. The Hall–Kier alpha value is -1.68. The minimum absolute atomic E-state index is 0.313. The van der Waals surface area contributed by atoms with Crippen LogP contribution in [0.3, 0.4) is 0 Å². The highest BCUT2D eigenvalue weighted by molar-refractivity contribution is 5.48. The van der Waals surface area contributed by atoms with Crippen molar-refractivity contribution in [2.24, 2.45) is 5.92 Å². The third-order valence-electron chi connectivity index (χ3n) is 2.78. The molecule has 0 aliphatic rings. The Kier molecular flexibility index (Phi) is 6.94. The summed E-state index contributed by atoms with van der Waals surface area (Å²) in [5.74, 6) is 1.02. The number of nitrogens with zero attached hydrogens (tertiary/aromatic N) is 2. The van der Waals surface area contributed by atoms with Crippen LogP contribution in [-0.2, 0) is 6.54 Å². The highest BCUT2D eigenvalue weighted by Crippen LogP contribution is 2.18. The topological polar surface area (TPSA) is 28.2 Å². The number of halogens is 1. The minimum Gasteiger partial charge on any atom is -0.349 e. The lowest BCUT2D eigenvalue weighted by molar-refractivity contribution is 0.548. The van der Waals surface area contributed by atoms with Gasteiger partial charge in [-0.3, -0.25) is 0 Å². The maximum Gasteiger partial charge on any atom is 0.141 e. The minimum atomic E-state index is -0.313. The number of hydrogen-bond acceptors (Lipinski definition) is 3. The average molecular weight is 277 g/mol. The molecule has 20 heavy (non-hydrogen) atoms. The first-order chi connectivity index (χ1) is 9.58. The van der Waals surface area contributed by atoms with Gasteiger partial charge in [-0.2, -0.15) is 0 Å². The summed E-state index contributed by atoms with van der Waals surface area (Å²) in [6.07, 6.45) is 4.86. The predicted octanol–water partition coefficient (Wildman–Crippen LogP) is 3.14. The normalized spacial score (nSPS) is 10.6. The van der Waals surface area contributed by atoms with E-state index in [0.717, 1.165) is 17.9 Å². The number of aromatic nitrogens is 1. The lowest BCUT2D eigenvalue weighted by Gasteiger charge is -2.23. The molecule has 1 aromatic rings. The van der Waals surface area contributed by atoms with Crippen LogP contribution in [-0.4, -0.2) is 24.6 Å². The average Bonchev–Trinajstić information content (AvgIpc) is 2.38. The van der Waals surface area contributed by atoms with Gasteiger partial charge in [-0.05, 0) is 18.5 Å². The molecule has 0 unspecified atom stereocenters. The monoisotopic (exact) mass is 277 g/mol. The second kappa shape index (κ2) is 8.48. The van der Waals surface area contributed by atoms with E-state index in [2.05, 4.69) is 37.3 Å². The van der Waals surface area contributed by atoms with E-state index in [-0.39, 0.29) is 5.82 Å². The number of anilines is 1. The summed E-state index contributed by atoms with van der Waals surface area (Å²) in [5, 5.41) is 3.32. The summed E-state index contributed by atoms with van der Waals surface area (Å²) < 4.78 is 13.4. The van der Waals surface area contributed by atoms with Gasteiger partial charge in [0.2, 0.25) is 0 Å². The van der Waals surface area contributed by atoms with Crippen molar-refractivity contribution >= 4 is 5.82 Å². The predicted molar refractivity (Wildman–Crippen MR) is 83.3 cm³/mol. The van der Waals surface area contributed by atoms with Gasteiger partial charge >= 0.3 is 0 Å². The van der Waals surface area contributed by atoms with Crippen LogP contribution in [0.2, 0.25) is 0 Å². The second-order valence-corrected chi connectivity index (χ2v) is 5.14. The Morgan fingerprint density at radius 2 is 2.00 bits per heavy atom. The highest BCUT2D eigenvalue weighted by atomic mass is 19.1. The Morgan fingerprint density at radius 1 is 1.35 bits per heavy atom. The molecule has 0 saturated heterocycles. The van der Waals surface area contributed by atoms with E-state index in [1.807, 2.05) is 4.90 Å². The molecular weight excluding hydrogens is 253 g/mol. The van der Waals surface area contributed by atoms with E-state index < -0.39 is 0 Å². The van der Waals surface area contributed by atoms with Gasteiger partial charge in [-0.1, -0.05) is 26.0 Å². The number of pyridine rings is 1. The van der Waals surface area contributed by atoms with Crippen LogP contribution < -0.4 is 10.2 Å². The second-order valence-electron chi connectivity index (χ2n) is 5.14. The van der Waals surface area contributed by atoms with Crippen molar-refractivity contribution in [2.75, 3.05) is 24.5 Å². The van der Waals surface area contributed by atoms with Crippen molar-refractivity contribution in [2.45, 2.75) is 20.4 Å². The van der Waals surface area contributed by atoms with E-state index in [1.54, 1.807) is 12.2 Å². The molecule has 0 atom stereocenters. The quantitative estimate of drug-likeness (QED) is 0.703. The molecule has 1 N–H and O–H groups in total. The fourth-order valence-electron chi connectivity index (χ4n) is 1.94. The highest BCUT2D eigenvalue weighted by Gasteiger charge is 2.12. The zero-order chi connectivity index (χ0) is 15.0. The zero-order valence-electron chi connectivity index (χ0n) is 12.4. The maximum atomic E-state index is 13.4. The molecular formula is C16H24FN3. The van der Waals surface area contributed by atoms with E-state index in [0.29, 0.717) is 25.6 Å². The molecule has 0 aromatic carbocycles. The Balaban J connectivity index is 2.91. The van der Waals surface area contributed by atoms with Crippen molar-refractivity contribution < 1.29 is 4.39 Å². The van der Waals surface area contributed by atoms with Crippen LogP contribution >= 0.6 is 0 Å². The van der Waals surface area contributed by atoms with Crippen LogP contribution in [0.1, 0.15) is 19.4 Å². The van der Waals surface area contributed by atoms with E-state index in [4.69, 9.17) is 0 Å². The Bertz CT molecular complexity index is 433. The first kappa shape index (κ1) is 16.4. The molecule has 0 aliphatic carbocycles. The Labute approximate surface area is 121 Å². The fraction of sp³-hybridized carbons (Fsp3) is 0.438. The lowest BCUT2D eigenvalue weighted by atomic mass is 10.2. The van der Waals surface area contributed by atoms with Gasteiger partial charge < -0.3 is 10.2 Å².